The van der Waals surface area contributed by atoms with Gasteiger partial charge in [-0.1, -0.05) is 42.4 Å². The molecule has 0 fully saturated rings. The molecule has 0 radical (unpaired) electrons. The van der Waals surface area contributed by atoms with Crippen molar-refractivity contribution in [1.29, 1.82) is 0 Å². The lowest BCUT2D eigenvalue weighted by Gasteiger charge is -2.25. The highest BCUT2D eigenvalue weighted by Gasteiger charge is 2.26. The fourth-order valence-corrected chi connectivity index (χ4v) is 2.06. The molecular weight excluding hydrogens is 284 g/mol. The molecule has 1 N–H and O–H groups in total. The highest BCUT2D eigenvalue weighted by Crippen LogP contribution is 2.20. The van der Waals surface area contributed by atoms with Gasteiger partial charge in [0, 0.05) is 17.7 Å². The van der Waals surface area contributed by atoms with E-state index in [9.17, 15) is 9.59 Å². The molecule has 0 aliphatic rings. The number of rotatable bonds is 6. The largest absolute Gasteiger partial charge is 0.480 e. The van der Waals surface area contributed by atoms with E-state index in [2.05, 4.69) is 5.16 Å². The number of carboxylic acids is 1. The van der Waals surface area contributed by atoms with Crippen LogP contribution in [-0.2, 0) is 4.79 Å². The number of aliphatic carboxylic acids is 1. The number of carboxylic acid groups (broad SMARTS) is 1. The molecule has 0 saturated heterocycles. The predicted octanol–water partition coefficient (Wildman–Crippen LogP) is 2.67. The summed E-state index contributed by atoms with van der Waals surface area (Å²) in [6.07, 6.45) is 0.651. The minimum absolute atomic E-state index is 0.0420. The number of aromatic nitrogens is 1. The number of benzene rings is 1. The second-order valence-corrected chi connectivity index (χ2v) is 5.03. The van der Waals surface area contributed by atoms with Crippen molar-refractivity contribution >= 4 is 11.9 Å². The molecule has 1 heterocycles. The Balaban J connectivity index is 2.24. The van der Waals surface area contributed by atoms with Crippen LogP contribution in [0.15, 0.2) is 40.9 Å². The summed E-state index contributed by atoms with van der Waals surface area (Å²) in [6, 6.07) is 10.7. The van der Waals surface area contributed by atoms with Gasteiger partial charge in [0.15, 0.2) is 0 Å². The zero-order valence-electron chi connectivity index (χ0n) is 12.5. The maximum absolute atomic E-state index is 12.5. The Morgan fingerprint density at radius 1 is 1.32 bits per heavy atom. The van der Waals surface area contributed by atoms with Gasteiger partial charge in [0.05, 0.1) is 0 Å². The van der Waals surface area contributed by atoms with E-state index in [-0.39, 0.29) is 18.3 Å². The minimum atomic E-state index is -1.06. The monoisotopic (exact) mass is 302 g/mol. The van der Waals surface area contributed by atoms with E-state index < -0.39 is 11.9 Å². The number of hydrogen-bond acceptors (Lipinski definition) is 4. The maximum Gasteiger partial charge on any atom is 0.323 e. The molecule has 2 rings (SSSR count). The average Bonchev–Trinajstić information content (AvgIpc) is 3.02. The van der Waals surface area contributed by atoms with Gasteiger partial charge in [0.25, 0.3) is 5.91 Å². The molecule has 0 aliphatic heterocycles. The predicted molar refractivity (Wildman–Crippen MR) is 80.4 cm³/mol. The van der Waals surface area contributed by atoms with Gasteiger partial charge in [-0.05, 0) is 13.3 Å². The van der Waals surface area contributed by atoms with E-state index in [4.69, 9.17) is 9.63 Å². The third-order valence-corrected chi connectivity index (χ3v) is 3.48. The van der Waals surface area contributed by atoms with Gasteiger partial charge in [0.1, 0.15) is 12.2 Å². The van der Waals surface area contributed by atoms with Crippen LogP contribution in [0.1, 0.15) is 30.8 Å². The van der Waals surface area contributed by atoms with Gasteiger partial charge in [-0.3, -0.25) is 9.59 Å². The highest BCUT2D eigenvalue weighted by atomic mass is 16.5. The Kier molecular flexibility index (Phi) is 4.93. The van der Waals surface area contributed by atoms with Crippen molar-refractivity contribution in [3.63, 3.8) is 0 Å². The Morgan fingerprint density at radius 3 is 2.59 bits per heavy atom. The molecular formula is C16H18N2O4. The summed E-state index contributed by atoms with van der Waals surface area (Å²) in [5.41, 5.74) is 1.38. The average molecular weight is 302 g/mol. The zero-order valence-corrected chi connectivity index (χ0v) is 12.5. The number of carbonyl (C=O) groups excluding carboxylic acids is 1. The van der Waals surface area contributed by atoms with Crippen molar-refractivity contribution in [2.75, 3.05) is 6.54 Å². The SMILES string of the molecule is CCC(C)N(CC(=O)O)C(=O)c1cc(-c2ccccc2)no1. The van der Waals surface area contributed by atoms with E-state index >= 15 is 0 Å². The van der Waals surface area contributed by atoms with Gasteiger partial charge in [-0.15, -0.1) is 0 Å². The van der Waals surface area contributed by atoms with Crippen molar-refractivity contribution in [3.05, 3.63) is 42.2 Å². The van der Waals surface area contributed by atoms with E-state index in [1.807, 2.05) is 37.3 Å². The van der Waals surface area contributed by atoms with Crippen molar-refractivity contribution < 1.29 is 19.2 Å². The van der Waals surface area contributed by atoms with E-state index in [0.717, 1.165) is 5.56 Å². The van der Waals surface area contributed by atoms with E-state index in [1.54, 1.807) is 6.92 Å². The van der Waals surface area contributed by atoms with Crippen molar-refractivity contribution in [2.24, 2.45) is 0 Å². The van der Waals surface area contributed by atoms with Crippen LogP contribution >= 0.6 is 0 Å². The standard InChI is InChI=1S/C16H18N2O4/c1-3-11(2)18(10-15(19)20)16(21)14-9-13(17-22-14)12-7-5-4-6-8-12/h4-9,11H,3,10H2,1-2H3,(H,19,20). The van der Waals surface area contributed by atoms with E-state index in [1.165, 1.54) is 11.0 Å². The molecule has 2 aromatic rings. The molecule has 0 spiro atoms. The van der Waals surface area contributed by atoms with Gasteiger partial charge in [-0.2, -0.15) is 0 Å². The highest BCUT2D eigenvalue weighted by molar-refractivity contribution is 5.94. The number of nitrogens with zero attached hydrogens (tertiary/aromatic N) is 2. The second-order valence-electron chi connectivity index (χ2n) is 5.03. The van der Waals surface area contributed by atoms with Crippen LogP contribution in [-0.4, -0.2) is 39.6 Å². The summed E-state index contributed by atoms with van der Waals surface area (Å²) in [6.45, 7) is 3.33. The first kappa shape index (κ1) is 15.8. The Labute approximate surface area is 128 Å². The topological polar surface area (TPSA) is 83.6 Å². The van der Waals surface area contributed by atoms with Crippen LogP contribution in [0.2, 0.25) is 0 Å². The first-order valence-electron chi connectivity index (χ1n) is 7.07. The van der Waals surface area contributed by atoms with Crippen LogP contribution in [0.5, 0.6) is 0 Å². The van der Waals surface area contributed by atoms with E-state index in [0.29, 0.717) is 12.1 Å². The summed E-state index contributed by atoms with van der Waals surface area (Å²) in [5, 5.41) is 12.9. The molecule has 0 bridgehead atoms. The molecule has 6 heteroatoms. The molecule has 22 heavy (non-hydrogen) atoms. The normalized spacial score (nSPS) is 11.9. The summed E-state index contributed by atoms with van der Waals surface area (Å²) >= 11 is 0. The molecule has 6 nitrogen and oxygen atoms in total. The molecule has 1 amide bonds. The lowest BCUT2D eigenvalue weighted by Crippen LogP contribution is -2.41. The molecule has 0 saturated carbocycles. The van der Waals surface area contributed by atoms with Gasteiger partial charge in [-0.25, -0.2) is 0 Å². The lowest BCUT2D eigenvalue weighted by atomic mass is 10.1. The number of amides is 1. The van der Waals surface area contributed by atoms with Crippen LogP contribution in [0, 0.1) is 0 Å². The fraction of sp³-hybridized carbons (Fsp3) is 0.312. The lowest BCUT2D eigenvalue weighted by molar-refractivity contribution is -0.138. The molecule has 1 aromatic heterocycles. The van der Waals surface area contributed by atoms with Gasteiger partial charge >= 0.3 is 5.97 Å². The summed E-state index contributed by atoms with van der Waals surface area (Å²) < 4.78 is 5.10. The molecule has 1 unspecified atom stereocenters. The quantitative estimate of drug-likeness (QED) is 0.887. The van der Waals surface area contributed by atoms with Crippen molar-refractivity contribution in [2.45, 2.75) is 26.3 Å². The van der Waals surface area contributed by atoms with Crippen LogP contribution in [0.3, 0.4) is 0 Å². The maximum atomic E-state index is 12.5. The number of carbonyl (C=O) groups is 2. The van der Waals surface area contributed by atoms with Gasteiger partial charge in [0.2, 0.25) is 5.76 Å². The molecule has 1 atom stereocenters. The third-order valence-electron chi connectivity index (χ3n) is 3.48. The van der Waals surface area contributed by atoms with Crippen LogP contribution in [0.4, 0.5) is 0 Å². The molecule has 1 aromatic carbocycles. The Bertz CT molecular complexity index is 651. The molecule has 0 aliphatic carbocycles. The Morgan fingerprint density at radius 2 is 2.00 bits per heavy atom. The summed E-state index contributed by atoms with van der Waals surface area (Å²) in [5.74, 6) is -1.48. The summed E-state index contributed by atoms with van der Waals surface area (Å²) in [7, 11) is 0. The second kappa shape index (κ2) is 6.89. The van der Waals surface area contributed by atoms with Crippen molar-refractivity contribution in [1.82, 2.24) is 10.1 Å². The zero-order chi connectivity index (χ0) is 16.1. The first-order valence-corrected chi connectivity index (χ1v) is 7.07. The van der Waals surface area contributed by atoms with Crippen molar-refractivity contribution in [3.8, 4) is 11.3 Å². The van der Waals surface area contributed by atoms with Crippen LogP contribution < -0.4 is 0 Å². The van der Waals surface area contributed by atoms with Gasteiger partial charge < -0.3 is 14.5 Å². The third kappa shape index (κ3) is 3.52. The molecule has 116 valence electrons. The van der Waals surface area contributed by atoms with Crippen LogP contribution in [0.25, 0.3) is 11.3 Å². The Hall–Kier alpha value is -2.63. The minimum Gasteiger partial charge on any atom is -0.480 e. The smallest absolute Gasteiger partial charge is 0.323 e. The fourth-order valence-electron chi connectivity index (χ4n) is 2.06. The summed E-state index contributed by atoms with van der Waals surface area (Å²) in [4.78, 5) is 24.7. The number of hydrogen-bond donors (Lipinski definition) is 1. The first-order chi connectivity index (χ1) is 10.5.